The molecule has 7 rings (SSSR count). The molecule has 2 aromatic rings. The molecule has 0 atom stereocenters. The van der Waals surface area contributed by atoms with Crippen LogP contribution in [0.25, 0.3) is 0 Å². The highest BCUT2D eigenvalue weighted by Crippen LogP contribution is 2.43. The van der Waals surface area contributed by atoms with Crippen LogP contribution in [0.4, 0.5) is 0 Å². The summed E-state index contributed by atoms with van der Waals surface area (Å²) in [5.41, 5.74) is -1.01. The number of nitrogens with zero attached hydrogens (tertiary/aromatic N) is 2. The van der Waals surface area contributed by atoms with Gasteiger partial charge in [0.2, 0.25) is 0 Å². The summed E-state index contributed by atoms with van der Waals surface area (Å²) < 4.78 is 48.7. The largest absolute Gasteiger partial charge is 0.494 e. The van der Waals surface area contributed by atoms with Crippen molar-refractivity contribution in [3.63, 3.8) is 0 Å². The van der Waals surface area contributed by atoms with E-state index < -0.39 is 14.0 Å². The van der Waals surface area contributed by atoms with Gasteiger partial charge in [-0.3, -0.25) is 9.80 Å². The third-order valence-electron chi connectivity index (χ3n) is 13.2. The summed E-state index contributed by atoms with van der Waals surface area (Å²) in [5.74, 6) is 1.87. The summed E-state index contributed by atoms with van der Waals surface area (Å²) in [5, 5.41) is 0. The van der Waals surface area contributed by atoms with Crippen LogP contribution in [0.5, 0.6) is 11.5 Å². The summed E-state index contributed by atoms with van der Waals surface area (Å²) in [7, 11) is -1.26. The van der Waals surface area contributed by atoms with Gasteiger partial charge < -0.3 is 37.4 Å². The zero-order chi connectivity index (χ0) is 42.4. The topological polar surface area (TPSA) is 80.3 Å². The van der Waals surface area contributed by atoms with Crippen LogP contribution in [0, 0.1) is 0 Å². The van der Waals surface area contributed by atoms with Crippen molar-refractivity contribution in [3.8, 4) is 11.5 Å². The van der Waals surface area contributed by atoms with Crippen LogP contribution in [0.1, 0.15) is 136 Å². The van der Waals surface area contributed by atoms with E-state index in [0.29, 0.717) is 0 Å². The SMILES string of the molecule is Brc1ccc(OCCN2CCCCC2)cc1.C.C.CC1(C)OB(B2OC(C)(C)C(C)(C)O2)OC1(C)C.CC1(C)OB(c2ccc(OCCN3CCCCC3)cc2)OC1(C)C. The summed E-state index contributed by atoms with van der Waals surface area (Å²) in [4.78, 5) is 4.98. The Hall–Kier alpha value is -1.61. The van der Waals surface area contributed by atoms with E-state index >= 15 is 0 Å². The average Bonchev–Trinajstić information content (AvgIpc) is 3.63. The lowest BCUT2D eigenvalue weighted by atomic mass is 9.49. The van der Waals surface area contributed by atoms with Crippen molar-refractivity contribution in [2.24, 2.45) is 0 Å². The second kappa shape index (κ2) is 21.9. The molecule has 0 bridgehead atoms. The molecular weight excluding hydrogens is 821 g/mol. The highest BCUT2D eigenvalue weighted by Gasteiger charge is 2.63. The first-order chi connectivity index (χ1) is 27.1. The maximum Gasteiger partial charge on any atom is 0.494 e. The molecule has 0 amide bonds. The van der Waals surface area contributed by atoms with Crippen LogP contribution in [0.3, 0.4) is 0 Å². The number of ether oxygens (including phenoxy) is 2. The second-order valence-electron chi connectivity index (χ2n) is 19.4. The molecule has 5 aliphatic rings. The molecular formula is C46H80B3BrN2O8. The van der Waals surface area contributed by atoms with Gasteiger partial charge in [-0.2, -0.15) is 0 Å². The normalized spacial score (nSPS) is 23.6. The molecule has 5 heterocycles. The monoisotopic (exact) mass is 901 g/mol. The Bertz CT molecular complexity index is 1480. The molecule has 0 aliphatic carbocycles. The van der Waals surface area contributed by atoms with Gasteiger partial charge in [-0.25, -0.2) is 0 Å². The van der Waals surface area contributed by atoms with E-state index in [2.05, 4.69) is 53.4 Å². The Morgan fingerprint density at radius 1 is 0.467 bits per heavy atom. The average molecular weight is 901 g/mol. The van der Waals surface area contributed by atoms with Crippen LogP contribution in [0.2, 0.25) is 0 Å². The van der Waals surface area contributed by atoms with E-state index in [1.54, 1.807) is 0 Å². The molecule has 0 unspecified atom stereocenters. The Kier molecular flexibility index (Phi) is 19.2. The van der Waals surface area contributed by atoms with Gasteiger partial charge in [0.05, 0.1) is 33.6 Å². The van der Waals surface area contributed by atoms with Gasteiger partial charge in [0, 0.05) is 17.6 Å². The molecule has 14 heteroatoms. The van der Waals surface area contributed by atoms with E-state index in [9.17, 15) is 0 Å². The van der Waals surface area contributed by atoms with Crippen LogP contribution in [0.15, 0.2) is 53.0 Å². The molecule has 5 aliphatic heterocycles. The van der Waals surface area contributed by atoms with Crippen molar-refractivity contribution in [1.82, 2.24) is 9.80 Å². The summed E-state index contributed by atoms with van der Waals surface area (Å²) in [6.07, 6.45) is 8.10. The molecule has 0 aromatic heterocycles. The van der Waals surface area contributed by atoms with Gasteiger partial charge in [0.15, 0.2) is 0 Å². The Morgan fingerprint density at radius 2 is 0.767 bits per heavy atom. The minimum absolute atomic E-state index is 0. The predicted octanol–water partition coefficient (Wildman–Crippen LogP) is 9.69. The number of hydrogen-bond donors (Lipinski definition) is 0. The molecule has 5 fully saturated rings. The lowest BCUT2D eigenvalue weighted by Crippen LogP contribution is -2.41. The van der Waals surface area contributed by atoms with E-state index in [-0.39, 0.29) is 55.6 Å². The van der Waals surface area contributed by atoms with E-state index in [0.717, 1.165) is 47.7 Å². The summed E-state index contributed by atoms with van der Waals surface area (Å²) >= 11 is 3.41. The maximum absolute atomic E-state index is 6.08. The lowest BCUT2D eigenvalue weighted by Gasteiger charge is -2.32. The highest BCUT2D eigenvalue weighted by molar-refractivity contribution is 9.10. The molecule has 0 radical (unpaired) electrons. The first-order valence-corrected chi connectivity index (χ1v) is 22.5. The first kappa shape index (κ1) is 52.7. The predicted molar refractivity (Wildman–Crippen MR) is 253 cm³/mol. The third kappa shape index (κ3) is 13.9. The first-order valence-electron chi connectivity index (χ1n) is 21.7. The zero-order valence-corrected chi connectivity index (χ0v) is 39.4. The van der Waals surface area contributed by atoms with E-state index in [4.69, 9.17) is 37.4 Å². The fraction of sp³-hybridized carbons (Fsp3) is 0.739. The van der Waals surface area contributed by atoms with Crippen molar-refractivity contribution in [2.75, 3.05) is 52.5 Å². The standard InChI is InChI=1S/C19H30BNO3.C13H18BrNO.C12H24B2O4.2CH4/c1-18(2)19(3,4)24-20(23-18)16-8-10-17(11-9-16)22-15-14-21-12-6-5-7-13-21;14-12-4-6-13(7-5-12)16-11-10-15-8-2-1-3-9-15;1-9(2)10(3,4)16-13(15-9)14-17-11(5,6)12(7,8)18-14;;/h8-11H,5-7,12-15H2,1-4H3;4-7H,1-3,8-11H2;1-8H3;2*1H4. The van der Waals surface area contributed by atoms with Crippen LogP contribution >= 0.6 is 15.9 Å². The number of piperidine rings is 2. The second-order valence-corrected chi connectivity index (χ2v) is 20.3. The molecule has 60 heavy (non-hydrogen) atoms. The number of hydrogen-bond acceptors (Lipinski definition) is 10. The van der Waals surface area contributed by atoms with Crippen molar-refractivity contribution in [1.29, 1.82) is 0 Å². The van der Waals surface area contributed by atoms with E-state index in [1.165, 1.54) is 64.7 Å². The molecule has 0 saturated carbocycles. The minimum atomic E-state index is -0.476. The van der Waals surface area contributed by atoms with Crippen molar-refractivity contribution in [2.45, 2.75) is 170 Å². The van der Waals surface area contributed by atoms with Crippen molar-refractivity contribution >= 4 is 42.5 Å². The van der Waals surface area contributed by atoms with Gasteiger partial charge in [0.1, 0.15) is 24.7 Å². The fourth-order valence-corrected chi connectivity index (χ4v) is 7.45. The van der Waals surface area contributed by atoms with Gasteiger partial charge in [0.25, 0.3) is 0 Å². The van der Waals surface area contributed by atoms with Crippen LogP contribution in [-0.4, -0.2) is 117 Å². The molecule has 2 aromatic carbocycles. The van der Waals surface area contributed by atoms with Gasteiger partial charge in [-0.05, 0) is 177 Å². The Morgan fingerprint density at radius 3 is 1.10 bits per heavy atom. The number of halogens is 1. The van der Waals surface area contributed by atoms with Crippen molar-refractivity contribution < 1.29 is 37.4 Å². The molecule has 0 spiro atoms. The lowest BCUT2D eigenvalue weighted by molar-refractivity contribution is 0.00578. The Balaban J connectivity index is 0.000000242. The molecule has 5 saturated heterocycles. The van der Waals surface area contributed by atoms with Gasteiger partial charge >= 0.3 is 21.1 Å². The summed E-state index contributed by atoms with van der Waals surface area (Å²) in [6.45, 7) is 33.0. The molecule has 338 valence electrons. The van der Waals surface area contributed by atoms with Gasteiger partial charge in [-0.1, -0.05) is 55.8 Å². The number of benzene rings is 2. The van der Waals surface area contributed by atoms with E-state index in [1.807, 2.05) is 104 Å². The smallest absolute Gasteiger partial charge is 0.492 e. The zero-order valence-electron chi connectivity index (χ0n) is 37.8. The minimum Gasteiger partial charge on any atom is -0.492 e. The fourth-order valence-electron chi connectivity index (χ4n) is 7.18. The van der Waals surface area contributed by atoms with Crippen LogP contribution < -0.4 is 14.9 Å². The number of rotatable bonds is 10. The van der Waals surface area contributed by atoms with Gasteiger partial charge in [-0.15, -0.1) is 0 Å². The van der Waals surface area contributed by atoms with Crippen molar-refractivity contribution in [3.05, 3.63) is 53.0 Å². The molecule has 0 N–H and O–H groups in total. The summed E-state index contributed by atoms with van der Waals surface area (Å²) in [6, 6.07) is 16.1. The molecule has 10 nitrogen and oxygen atoms in total. The van der Waals surface area contributed by atoms with Crippen LogP contribution in [-0.2, 0) is 27.9 Å². The third-order valence-corrected chi connectivity index (χ3v) is 13.8. The Labute approximate surface area is 375 Å². The quantitative estimate of drug-likeness (QED) is 0.215. The highest BCUT2D eigenvalue weighted by atomic mass is 79.9. The maximum atomic E-state index is 6.08. The number of likely N-dealkylation sites (tertiary alicyclic amines) is 2.